The summed E-state index contributed by atoms with van der Waals surface area (Å²) in [6.07, 6.45) is 3.99. The zero-order valence-electron chi connectivity index (χ0n) is 9.38. The van der Waals surface area contributed by atoms with Crippen molar-refractivity contribution in [1.29, 1.82) is 0 Å². The maximum atomic E-state index is 11.0. The van der Waals surface area contributed by atoms with E-state index in [1.165, 1.54) is 7.11 Å². The number of hydrogen-bond donors (Lipinski definition) is 2. The van der Waals surface area contributed by atoms with Crippen molar-refractivity contribution in [3.63, 3.8) is 0 Å². The van der Waals surface area contributed by atoms with Crippen molar-refractivity contribution in [2.24, 2.45) is 5.41 Å². The normalized spacial score (nSPS) is 18.7. The van der Waals surface area contributed by atoms with Gasteiger partial charge in [0, 0.05) is 30.7 Å². The lowest BCUT2D eigenvalue weighted by atomic mass is 10.1. The Balaban J connectivity index is 2.18. The van der Waals surface area contributed by atoms with Gasteiger partial charge in [-0.2, -0.15) is 0 Å². The molecule has 15 heavy (non-hydrogen) atoms. The molecule has 2 N–H and O–H groups in total. The molecule has 0 radical (unpaired) electrons. The molecule has 0 saturated heterocycles. The number of rotatable bonds is 6. The van der Waals surface area contributed by atoms with Crippen molar-refractivity contribution >= 4 is 5.97 Å². The van der Waals surface area contributed by atoms with Crippen molar-refractivity contribution in [3.8, 4) is 0 Å². The van der Waals surface area contributed by atoms with E-state index < -0.39 is 0 Å². The smallest absolute Gasteiger partial charge is 0.333 e. The molecule has 0 atom stereocenters. The number of carbonyl (C=O) groups excluding carboxylic acids is 1. The second-order valence-corrected chi connectivity index (χ2v) is 4.17. The van der Waals surface area contributed by atoms with E-state index in [4.69, 9.17) is 5.11 Å². The number of ether oxygens (including phenoxy) is 1. The average molecular weight is 213 g/mol. The molecule has 4 nitrogen and oxygen atoms in total. The standard InChI is InChI=1S/C11H19NO3/c1-9(10(14)15-2)3-6-12-7-11(8-13)4-5-11/h3,12-13H,4-8H2,1-2H3. The minimum absolute atomic E-state index is 0.118. The minimum atomic E-state index is -0.292. The molecule has 1 aliphatic carbocycles. The fraction of sp³-hybridized carbons (Fsp3) is 0.727. The second-order valence-electron chi connectivity index (χ2n) is 4.17. The Kier molecular flexibility index (Phi) is 4.29. The van der Waals surface area contributed by atoms with Crippen LogP contribution in [0, 0.1) is 5.41 Å². The fourth-order valence-corrected chi connectivity index (χ4v) is 1.37. The molecule has 0 bridgehead atoms. The number of aliphatic hydroxyl groups excluding tert-OH is 1. The van der Waals surface area contributed by atoms with Gasteiger partial charge >= 0.3 is 5.97 Å². The molecule has 86 valence electrons. The van der Waals surface area contributed by atoms with E-state index in [1.54, 1.807) is 13.0 Å². The second kappa shape index (κ2) is 5.28. The quantitative estimate of drug-likeness (QED) is 0.382. The van der Waals surface area contributed by atoms with E-state index in [2.05, 4.69) is 10.1 Å². The number of carbonyl (C=O) groups is 1. The van der Waals surface area contributed by atoms with Gasteiger partial charge in [-0.25, -0.2) is 4.79 Å². The highest BCUT2D eigenvalue weighted by atomic mass is 16.5. The lowest BCUT2D eigenvalue weighted by molar-refractivity contribution is -0.136. The summed E-state index contributed by atoms with van der Waals surface area (Å²) < 4.78 is 4.57. The SMILES string of the molecule is COC(=O)C(C)=CCNCC1(CO)CC1. The van der Waals surface area contributed by atoms with Gasteiger partial charge in [-0.3, -0.25) is 0 Å². The maximum absolute atomic E-state index is 11.0. The Morgan fingerprint density at radius 1 is 1.60 bits per heavy atom. The molecule has 0 aliphatic heterocycles. The van der Waals surface area contributed by atoms with Crippen LogP contribution in [0.4, 0.5) is 0 Å². The maximum Gasteiger partial charge on any atom is 0.333 e. The third-order valence-electron chi connectivity index (χ3n) is 2.85. The van der Waals surface area contributed by atoms with Gasteiger partial charge in [-0.05, 0) is 19.8 Å². The van der Waals surface area contributed by atoms with Crippen molar-refractivity contribution in [2.75, 3.05) is 26.8 Å². The van der Waals surface area contributed by atoms with E-state index in [-0.39, 0.29) is 18.0 Å². The molecule has 1 saturated carbocycles. The molecule has 1 aliphatic rings. The van der Waals surface area contributed by atoms with Crippen molar-refractivity contribution < 1.29 is 14.6 Å². The molecule has 0 heterocycles. The number of nitrogens with one attached hydrogen (secondary N) is 1. The lowest BCUT2D eigenvalue weighted by Crippen LogP contribution is -2.26. The topological polar surface area (TPSA) is 58.6 Å². The average Bonchev–Trinajstić information content (AvgIpc) is 3.03. The summed E-state index contributed by atoms with van der Waals surface area (Å²) in [5, 5.41) is 12.3. The highest BCUT2D eigenvalue weighted by molar-refractivity contribution is 5.87. The Hall–Kier alpha value is -0.870. The Morgan fingerprint density at radius 2 is 2.27 bits per heavy atom. The van der Waals surface area contributed by atoms with Gasteiger partial charge in [0.15, 0.2) is 0 Å². The van der Waals surface area contributed by atoms with Gasteiger partial charge in [-0.1, -0.05) is 6.08 Å². The Labute approximate surface area is 90.3 Å². The summed E-state index contributed by atoms with van der Waals surface area (Å²) in [5.74, 6) is -0.292. The predicted octanol–water partition coefficient (Wildman–Crippen LogP) is 0.468. The minimum Gasteiger partial charge on any atom is -0.466 e. The number of esters is 1. The molecule has 1 rings (SSSR count). The molecular formula is C11H19NO3. The lowest BCUT2D eigenvalue weighted by Gasteiger charge is -2.11. The van der Waals surface area contributed by atoms with Crippen LogP contribution in [0.15, 0.2) is 11.6 Å². The summed E-state index contributed by atoms with van der Waals surface area (Å²) >= 11 is 0. The first-order valence-electron chi connectivity index (χ1n) is 5.20. The van der Waals surface area contributed by atoms with Crippen molar-refractivity contribution in [1.82, 2.24) is 5.32 Å². The third-order valence-corrected chi connectivity index (χ3v) is 2.85. The summed E-state index contributed by atoms with van der Waals surface area (Å²) in [5.41, 5.74) is 0.728. The first kappa shape index (κ1) is 12.2. The molecular weight excluding hydrogens is 194 g/mol. The highest BCUT2D eigenvalue weighted by Gasteiger charge is 2.41. The van der Waals surface area contributed by atoms with Crippen LogP contribution in [0.1, 0.15) is 19.8 Å². The number of hydrogen-bond acceptors (Lipinski definition) is 4. The Morgan fingerprint density at radius 3 is 2.73 bits per heavy atom. The van der Waals surface area contributed by atoms with E-state index in [1.807, 2.05) is 0 Å². The highest BCUT2D eigenvalue weighted by Crippen LogP contribution is 2.44. The zero-order valence-corrected chi connectivity index (χ0v) is 9.38. The van der Waals surface area contributed by atoms with Gasteiger partial charge in [0.2, 0.25) is 0 Å². The predicted molar refractivity (Wildman–Crippen MR) is 57.4 cm³/mol. The van der Waals surface area contributed by atoms with Gasteiger partial charge in [0.05, 0.1) is 7.11 Å². The van der Waals surface area contributed by atoms with Gasteiger partial charge in [-0.15, -0.1) is 0 Å². The van der Waals surface area contributed by atoms with Crippen LogP contribution in [0.25, 0.3) is 0 Å². The van der Waals surface area contributed by atoms with Crippen LogP contribution in [0.3, 0.4) is 0 Å². The van der Waals surface area contributed by atoms with Gasteiger partial charge in [0.1, 0.15) is 0 Å². The van der Waals surface area contributed by atoms with E-state index >= 15 is 0 Å². The first-order valence-corrected chi connectivity index (χ1v) is 5.20. The largest absolute Gasteiger partial charge is 0.466 e. The van der Waals surface area contributed by atoms with Gasteiger partial charge < -0.3 is 15.2 Å². The van der Waals surface area contributed by atoms with E-state index in [0.717, 1.165) is 19.4 Å². The summed E-state index contributed by atoms with van der Waals surface area (Å²) in [6.45, 7) is 3.43. The van der Waals surface area contributed by atoms with Crippen molar-refractivity contribution in [2.45, 2.75) is 19.8 Å². The summed E-state index contributed by atoms with van der Waals surface area (Å²) in [7, 11) is 1.37. The summed E-state index contributed by atoms with van der Waals surface area (Å²) in [4.78, 5) is 11.0. The number of methoxy groups -OCH3 is 1. The molecule has 0 amide bonds. The number of aliphatic hydroxyl groups is 1. The molecule has 0 aromatic heterocycles. The van der Waals surface area contributed by atoms with E-state index in [9.17, 15) is 4.79 Å². The Bertz CT molecular complexity index is 257. The molecule has 0 aromatic carbocycles. The van der Waals surface area contributed by atoms with Crippen LogP contribution in [-0.2, 0) is 9.53 Å². The van der Waals surface area contributed by atoms with Crippen molar-refractivity contribution in [3.05, 3.63) is 11.6 Å². The first-order chi connectivity index (χ1) is 7.13. The third kappa shape index (κ3) is 3.64. The molecule has 4 heteroatoms. The van der Waals surface area contributed by atoms with Crippen LogP contribution >= 0.6 is 0 Å². The van der Waals surface area contributed by atoms with Crippen LogP contribution in [0.5, 0.6) is 0 Å². The van der Waals surface area contributed by atoms with E-state index in [0.29, 0.717) is 12.1 Å². The molecule has 0 spiro atoms. The summed E-state index contributed by atoms with van der Waals surface area (Å²) in [6, 6.07) is 0. The fourth-order valence-electron chi connectivity index (χ4n) is 1.37. The molecule has 0 aromatic rings. The molecule has 1 fully saturated rings. The van der Waals surface area contributed by atoms with Gasteiger partial charge in [0.25, 0.3) is 0 Å². The molecule has 0 unspecified atom stereocenters. The monoisotopic (exact) mass is 213 g/mol. The van der Waals surface area contributed by atoms with Crippen LogP contribution in [0.2, 0.25) is 0 Å². The van der Waals surface area contributed by atoms with Crippen LogP contribution < -0.4 is 5.32 Å². The zero-order chi connectivity index (χ0) is 11.3. The van der Waals surface area contributed by atoms with Crippen LogP contribution in [-0.4, -0.2) is 37.9 Å².